The number of nitrogens with one attached hydrogen (secondary N) is 2. The average Bonchev–Trinajstić information content (AvgIpc) is 3.14. The Kier molecular flexibility index (Phi) is 5.62. The normalized spacial score (nSPS) is 14.7. The number of carbonyl (C=O) groups is 3. The predicted octanol–water partition coefficient (Wildman–Crippen LogP) is 2.59. The second-order valence-electron chi connectivity index (χ2n) is 6.15. The van der Waals surface area contributed by atoms with Gasteiger partial charge < -0.3 is 15.5 Å². The van der Waals surface area contributed by atoms with E-state index >= 15 is 0 Å². The fourth-order valence-electron chi connectivity index (χ4n) is 2.92. The number of piperidine rings is 1. The zero-order valence-electron chi connectivity index (χ0n) is 14.4. The summed E-state index contributed by atoms with van der Waals surface area (Å²) < 4.78 is 0. The molecule has 26 heavy (non-hydrogen) atoms. The first-order chi connectivity index (χ1) is 12.5. The van der Waals surface area contributed by atoms with Crippen molar-refractivity contribution in [3.8, 4) is 0 Å². The molecule has 2 aromatic rings. The smallest absolute Gasteiger partial charge is 0.253 e. The van der Waals surface area contributed by atoms with E-state index in [9.17, 15) is 14.4 Å². The van der Waals surface area contributed by atoms with Gasteiger partial charge in [0.15, 0.2) is 5.13 Å². The fourth-order valence-corrected chi connectivity index (χ4v) is 3.45. The maximum atomic E-state index is 12.6. The summed E-state index contributed by atoms with van der Waals surface area (Å²) >= 11 is 1.39. The molecule has 0 bridgehead atoms. The van der Waals surface area contributed by atoms with Gasteiger partial charge in [-0.2, -0.15) is 0 Å². The van der Waals surface area contributed by atoms with Gasteiger partial charge in [0.1, 0.15) is 0 Å². The van der Waals surface area contributed by atoms with Crippen molar-refractivity contribution in [3.05, 3.63) is 41.4 Å². The van der Waals surface area contributed by atoms with E-state index in [0.29, 0.717) is 42.3 Å². The largest absolute Gasteiger partial charge is 0.339 e. The van der Waals surface area contributed by atoms with E-state index in [1.165, 1.54) is 18.3 Å². The summed E-state index contributed by atoms with van der Waals surface area (Å²) in [5.74, 6) is -0.350. The van der Waals surface area contributed by atoms with Crippen LogP contribution in [-0.4, -0.2) is 40.7 Å². The van der Waals surface area contributed by atoms with Crippen LogP contribution in [0.2, 0.25) is 0 Å². The molecule has 0 saturated carbocycles. The minimum absolute atomic E-state index is 0.0355. The van der Waals surface area contributed by atoms with E-state index in [-0.39, 0.29) is 23.6 Å². The van der Waals surface area contributed by atoms with Crippen molar-refractivity contribution in [2.24, 2.45) is 5.92 Å². The number of rotatable bonds is 4. The molecule has 1 aliphatic rings. The van der Waals surface area contributed by atoms with Gasteiger partial charge in [-0.15, -0.1) is 11.3 Å². The van der Waals surface area contributed by atoms with Crippen molar-refractivity contribution in [1.29, 1.82) is 0 Å². The van der Waals surface area contributed by atoms with Crippen LogP contribution in [0.4, 0.5) is 10.8 Å². The molecule has 136 valence electrons. The summed E-state index contributed by atoms with van der Waals surface area (Å²) in [5, 5.41) is 7.91. The maximum absolute atomic E-state index is 12.6. The zero-order chi connectivity index (χ0) is 18.5. The summed E-state index contributed by atoms with van der Waals surface area (Å²) in [6.07, 6.45) is 2.92. The summed E-state index contributed by atoms with van der Waals surface area (Å²) in [4.78, 5) is 41.7. The number of nitrogens with zero attached hydrogens (tertiary/aromatic N) is 2. The highest BCUT2D eigenvalue weighted by Gasteiger charge is 2.28. The molecule has 3 amide bonds. The number of benzene rings is 1. The lowest BCUT2D eigenvalue weighted by Gasteiger charge is -2.31. The highest BCUT2D eigenvalue weighted by molar-refractivity contribution is 7.13. The molecule has 0 radical (unpaired) electrons. The third kappa shape index (κ3) is 4.45. The molecule has 3 rings (SSSR count). The summed E-state index contributed by atoms with van der Waals surface area (Å²) in [5.41, 5.74) is 1.23. The van der Waals surface area contributed by atoms with Gasteiger partial charge in [-0.1, -0.05) is 0 Å². The van der Waals surface area contributed by atoms with Crippen molar-refractivity contribution >= 4 is 39.9 Å². The predicted molar refractivity (Wildman–Crippen MR) is 100 cm³/mol. The third-order valence-corrected chi connectivity index (χ3v) is 4.96. The van der Waals surface area contributed by atoms with Crippen LogP contribution in [-0.2, 0) is 9.59 Å². The molecule has 8 heteroatoms. The monoisotopic (exact) mass is 372 g/mol. The lowest BCUT2D eigenvalue weighted by molar-refractivity contribution is -0.121. The molecule has 1 fully saturated rings. The molecule has 0 spiro atoms. The van der Waals surface area contributed by atoms with Gasteiger partial charge >= 0.3 is 0 Å². The second kappa shape index (κ2) is 8.09. The van der Waals surface area contributed by atoms with Gasteiger partial charge in [-0.25, -0.2) is 4.98 Å². The van der Waals surface area contributed by atoms with Gasteiger partial charge in [0.25, 0.3) is 5.91 Å². The molecule has 0 atom stereocenters. The van der Waals surface area contributed by atoms with Crippen LogP contribution in [0.3, 0.4) is 0 Å². The molecule has 1 aromatic carbocycles. The lowest BCUT2D eigenvalue weighted by Crippen LogP contribution is -2.41. The fraction of sp³-hybridized carbons (Fsp3) is 0.333. The first-order valence-corrected chi connectivity index (χ1v) is 9.28. The molecule has 1 saturated heterocycles. The van der Waals surface area contributed by atoms with E-state index in [0.717, 1.165) is 0 Å². The second-order valence-corrected chi connectivity index (χ2v) is 7.05. The van der Waals surface area contributed by atoms with E-state index in [1.807, 2.05) is 5.38 Å². The molecule has 0 unspecified atom stereocenters. The molecular weight excluding hydrogens is 352 g/mol. The topological polar surface area (TPSA) is 91.4 Å². The van der Waals surface area contributed by atoms with Crippen molar-refractivity contribution in [2.75, 3.05) is 23.7 Å². The zero-order valence-corrected chi connectivity index (χ0v) is 15.2. The van der Waals surface area contributed by atoms with Crippen molar-refractivity contribution < 1.29 is 14.4 Å². The molecule has 0 aliphatic carbocycles. The number of likely N-dealkylation sites (tertiary alicyclic amines) is 1. The van der Waals surface area contributed by atoms with Crippen LogP contribution >= 0.6 is 11.3 Å². The van der Waals surface area contributed by atoms with E-state index in [4.69, 9.17) is 0 Å². The van der Waals surface area contributed by atoms with Crippen LogP contribution in [0.1, 0.15) is 30.1 Å². The molecule has 7 nitrogen and oxygen atoms in total. The lowest BCUT2D eigenvalue weighted by atomic mass is 9.95. The molecular formula is C18H20N4O3S. The Morgan fingerprint density at radius 2 is 1.81 bits per heavy atom. The van der Waals surface area contributed by atoms with Crippen LogP contribution < -0.4 is 10.6 Å². The third-order valence-electron chi connectivity index (χ3n) is 4.27. The summed E-state index contributed by atoms with van der Waals surface area (Å²) in [6, 6.07) is 6.83. The van der Waals surface area contributed by atoms with Crippen LogP contribution in [0, 0.1) is 5.92 Å². The molecule has 2 N–H and O–H groups in total. The average molecular weight is 372 g/mol. The highest BCUT2D eigenvalue weighted by atomic mass is 32.1. The first kappa shape index (κ1) is 18.1. The van der Waals surface area contributed by atoms with Gasteiger partial charge in [-0.05, 0) is 37.1 Å². The Morgan fingerprint density at radius 1 is 1.12 bits per heavy atom. The van der Waals surface area contributed by atoms with Crippen molar-refractivity contribution in [1.82, 2.24) is 9.88 Å². The van der Waals surface area contributed by atoms with Gasteiger partial charge in [0.05, 0.1) is 0 Å². The van der Waals surface area contributed by atoms with Gasteiger partial charge in [0.2, 0.25) is 11.8 Å². The Hall–Kier alpha value is -2.74. The van der Waals surface area contributed by atoms with Crippen LogP contribution in [0.15, 0.2) is 35.8 Å². The summed E-state index contributed by atoms with van der Waals surface area (Å²) in [7, 11) is 0. The van der Waals surface area contributed by atoms with Crippen LogP contribution in [0.5, 0.6) is 0 Å². The minimum Gasteiger partial charge on any atom is -0.339 e. The summed E-state index contributed by atoms with van der Waals surface area (Å²) in [6.45, 7) is 2.53. The Labute approximate surface area is 155 Å². The quantitative estimate of drug-likeness (QED) is 0.863. The number of hydrogen-bond donors (Lipinski definition) is 2. The van der Waals surface area contributed by atoms with Crippen molar-refractivity contribution in [3.63, 3.8) is 0 Å². The Balaban J connectivity index is 1.53. The number of anilines is 2. The first-order valence-electron chi connectivity index (χ1n) is 8.40. The number of aromatic nitrogens is 1. The van der Waals surface area contributed by atoms with Gasteiger partial charge in [0, 0.05) is 48.8 Å². The highest BCUT2D eigenvalue weighted by Crippen LogP contribution is 2.22. The standard InChI is InChI=1S/C18H20N4O3S/c1-12(23)20-15-4-2-14(3-5-15)17(25)22-9-6-13(7-10-22)16(24)21-18-19-8-11-26-18/h2-5,8,11,13H,6-7,9-10H2,1H3,(H,20,23)(H,19,21,24). The Bertz CT molecular complexity index is 781. The number of amides is 3. The van der Waals surface area contributed by atoms with Crippen molar-refractivity contribution in [2.45, 2.75) is 19.8 Å². The number of carbonyl (C=O) groups excluding carboxylic acids is 3. The molecule has 1 aliphatic heterocycles. The Morgan fingerprint density at radius 3 is 2.38 bits per heavy atom. The number of thiazole rings is 1. The van der Waals surface area contributed by atoms with E-state index in [1.54, 1.807) is 35.4 Å². The molecule has 1 aromatic heterocycles. The number of hydrogen-bond acceptors (Lipinski definition) is 5. The minimum atomic E-state index is -0.151. The SMILES string of the molecule is CC(=O)Nc1ccc(C(=O)N2CCC(C(=O)Nc3nccs3)CC2)cc1. The van der Waals surface area contributed by atoms with Crippen LogP contribution in [0.25, 0.3) is 0 Å². The molecule has 2 heterocycles. The van der Waals surface area contributed by atoms with E-state index in [2.05, 4.69) is 15.6 Å². The van der Waals surface area contributed by atoms with E-state index < -0.39 is 0 Å². The van der Waals surface area contributed by atoms with Gasteiger partial charge in [-0.3, -0.25) is 14.4 Å². The maximum Gasteiger partial charge on any atom is 0.253 e.